The fourth-order valence-electron chi connectivity index (χ4n) is 3.64. The molecule has 1 aliphatic rings. The average Bonchev–Trinajstić information content (AvgIpc) is 3.30. The average molecular weight is 477 g/mol. The highest BCUT2D eigenvalue weighted by atomic mass is 35.5. The van der Waals surface area contributed by atoms with Crippen LogP contribution in [0.3, 0.4) is 0 Å². The van der Waals surface area contributed by atoms with Crippen LogP contribution in [0.25, 0.3) is 12.2 Å². The Morgan fingerprint density at radius 3 is 2.47 bits per heavy atom. The molecule has 3 aromatic rings. The van der Waals surface area contributed by atoms with E-state index in [1.165, 1.54) is 0 Å². The molecule has 1 aliphatic heterocycles. The quantitative estimate of drug-likeness (QED) is 0.470. The molecule has 1 saturated heterocycles. The number of oxazole rings is 1. The van der Waals surface area contributed by atoms with Crippen LogP contribution in [0.4, 0.5) is 5.88 Å². The SMILES string of the molecule is CCCOc1ccc(C(=O)N2CCN(c3oc(/C=C/c4ccc(Cl)cc4)nc3C#N)CC2)cc1. The Labute approximate surface area is 203 Å². The summed E-state index contributed by atoms with van der Waals surface area (Å²) in [7, 11) is 0. The molecule has 1 amide bonds. The van der Waals surface area contributed by atoms with Gasteiger partial charge in [0, 0.05) is 42.8 Å². The van der Waals surface area contributed by atoms with E-state index < -0.39 is 0 Å². The molecular formula is C26H25ClN4O3. The number of aromatic nitrogens is 1. The summed E-state index contributed by atoms with van der Waals surface area (Å²) in [6.45, 7) is 4.85. The second kappa shape index (κ2) is 10.9. The normalized spacial score (nSPS) is 13.8. The van der Waals surface area contributed by atoms with E-state index in [1.807, 2.05) is 40.1 Å². The van der Waals surface area contributed by atoms with E-state index in [2.05, 4.69) is 18.0 Å². The Hall–Kier alpha value is -3.76. The third-order valence-electron chi connectivity index (χ3n) is 5.45. The maximum absolute atomic E-state index is 12.9. The highest BCUT2D eigenvalue weighted by Gasteiger charge is 2.26. The van der Waals surface area contributed by atoms with Crippen LogP contribution in [0.15, 0.2) is 52.9 Å². The largest absolute Gasteiger partial charge is 0.494 e. The van der Waals surface area contributed by atoms with E-state index in [4.69, 9.17) is 20.8 Å². The second-order valence-electron chi connectivity index (χ2n) is 7.85. The number of amides is 1. The second-order valence-corrected chi connectivity index (χ2v) is 8.29. The number of carbonyl (C=O) groups excluding carboxylic acids is 1. The van der Waals surface area contributed by atoms with E-state index in [1.54, 1.807) is 30.3 Å². The summed E-state index contributed by atoms with van der Waals surface area (Å²) >= 11 is 5.92. The van der Waals surface area contributed by atoms with Crippen molar-refractivity contribution in [3.05, 3.63) is 76.3 Å². The van der Waals surface area contributed by atoms with Gasteiger partial charge in [-0.05, 0) is 54.5 Å². The maximum atomic E-state index is 12.9. The maximum Gasteiger partial charge on any atom is 0.253 e. The third-order valence-corrected chi connectivity index (χ3v) is 5.70. The summed E-state index contributed by atoms with van der Waals surface area (Å²) in [5.74, 6) is 1.53. The van der Waals surface area contributed by atoms with Crippen molar-refractivity contribution in [1.29, 1.82) is 5.26 Å². The molecule has 0 unspecified atom stereocenters. The van der Waals surface area contributed by atoms with Gasteiger partial charge in [0.05, 0.1) is 6.61 Å². The van der Waals surface area contributed by atoms with E-state index in [0.717, 1.165) is 17.7 Å². The van der Waals surface area contributed by atoms with Crippen molar-refractivity contribution in [3.63, 3.8) is 0 Å². The molecule has 0 aliphatic carbocycles. The van der Waals surface area contributed by atoms with E-state index in [9.17, 15) is 10.1 Å². The molecular weight excluding hydrogens is 452 g/mol. The number of hydrogen-bond acceptors (Lipinski definition) is 6. The number of anilines is 1. The lowest BCUT2D eigenvalue weighted by Crippen LogP contribution is -2.48. The van der Waals surface area contributed by atoms with Crippen LogP contribution in [-0.4, -0.2) is 48.6 Å². The lowest BCUT2D eigenvalue weighted by atomic mass is 10.1. The Bertz CT molecular complexity index is 1190. The first-order chi connectivity index (χ1) is 16.6. The van der Waals surface area contributed by atoms with Crippen LogP contribution in [0.1, 0.15) is 40.9 Å². The van der Waals surface area contributed by atoms with Gasteiger partial charge in [0.25, 0.3) is 5.91 Å². The standard InChI is InChI=1S/C26H25ClN4O3/c1-2-17-33-22-10-6-20(7-11-22)25(32)30-13-15-31(16-14-30)26-23(18-28)29-24(34-26)12-5-19-3-8-21(27)9-4-19/h3-12H,2,13-17H2,1H3/b12-5+. The number of nitriles is 1. The highest BCUT2D eigenvalue weighted by molar-refractivity contribution is 6.30. The van der Waals surface area contributed by atoms with Crippen LogP contribution in [-0.2, 0) is 0 Å². The summed E-state index contributed by atoms with van der Waals surface area (Å²) in [4.78, 5) is 21.0. The number of halogens is 1. The Balaban J connectivity index is 1.38. The van der Waals surface area contributed by atoms with Gasteiger partial charge >= 0.3 is 0 Å². The van der Waals surface area contributed by atoms with E-state index in [-0.39, 0.29) is 11.6 Å². The van der Waals surface area contributed by atoms with Gasteiger partial charge in [-0.15, -0.1) is 0 Å². The molecule has 1 aromatic heterocycles. The number of piperazine rings is 1. The summed E-state index contributed by atoms with van der Waals surface area (Å²) in [5.41, 5.74) is 1.81. The minimum Gasteiger partial charge on any atom is -0.494 e. The zero-order chi connectivity index (χ0) is 23.9. The van der Waals surface area contributed by atoms with Crippen molar-refractivity contribution in [2.75, 3.05) is 37.7 Å². The molecule has 0 saturated carbocycles. The zero-order valence-corrected chi connectivity index (χ0v) is 19.7. The number of hydrogen-bond donors (Lipinski definition) is 0. The van der Waals surface area contributed by atoms with Gasteiger partial charge in [0.2, 0.25) is 17.5 Å². The summed E-state index contributed by atoms with van der Waals surface area (Å²) in [6.07, 6.45) is 4.51. The zero-order valence-electron chi connectivity index (χ0n) is 18.9. The third kappa shape index (κ3) is 5.59. The molecule has 2 heterocycles. The number of carbonyl (C=O) groups is 1. The number of ether oxygens (including phenoxy) is 1. The first kappa shape index (κ1) is 23.4. The van der Waals surface area contributed by atoms with Crippen LogP contribution >= 0.6 is 11.6 Å². The number of nitrogens with zero attached hydrogens (tertiary/aromatic N) is 4. The summed E-state index contributed by atoms with van der Waals surface area (Å²) in [5, 5.41) is 10.2. The Morgan fingerprint density at radius 2 is 1.82 bits per heavy atom. The highest BCUT2D eigenvalue weighted by Crippen LogP contribution is 2.25. The fourth-order valence-corrected chi connectivity index (χ4v) is 3.76. The fraction of sp³-hybridized carbons (Fsp3) is 0.269. The van der Waals surface area contributed by atoms with Crippen LogP contribution in [0.2, 0.25) is 5.02 Å². The first-order valence-corrected chi connectivity index (χ1v) is 11.6. The van der Waals surface area contributed by atoms with Crippen molar-refractivity contribution in [2.45, 2.75) is 13.3 Å². The molecule has 8 heteroatoms. The smallest absolute Gasteiger partial charge is 0.253 e. The van der Waals surface area contributed by atoms with Crippen molar-refractivity contribution in [2.24, 2.45) is 0 Å². The topological polar surface area (TPSA) is 82.6 Å². The van der Waals surface area contributed by atoms with E-state index in [0.29, 0.717) is 55.1 Å². The van der Waals surface area contributed by atoms with Gasteiger partial charge < -0.3 is 19.0 Å². The van der Waals surface area contributed by atoms with Crippen LogP contribution in [0, 0.1) is 11.3 Å². The predicted molar refractivity (Wildman–Crippen MR) is 132 cm³/mol. The monoisotopic (exact) mass is 476 g/mol. The minimum atomic E-state index is -0.0219. The predicted octanol–water partition coefficient (Wildman–Crippen LogP) is 5.12. The van der Waals surface area contributed by atoms with Crippen LogP contribution in [0.5, 0.6) is 5.75 Å². The van der Waals surface area contributed by atoms with Crippen molar-refractivity contribution in [1.82, 2.24) is 9.88 Å². The molecule has 0 atom stereocenters. The van der Waals surface area contributed by atoms with Gasteiger partial charge in [-0.25, -0.2) is 0 Å². The number of benzene rings is 2. The molecule has 0 radical (unpaired) electrons. The molecule has 174 valence electrons. The molecule has 1 fully saturated rings. The molecule has 7 nitrogen and oxygen atoms in total. The lowest BCUT2D eigenvalue weighted by molar-refractivity contribution is 0.0745. The summed E-state index contributed by atoms with van der Waals surface area (Å²) < 4.78 is 11.5. The van der Waals surface area contributed by atoms with Gasteiger partial charge in [-0.2, -0.15) is 10.2 Å². The first-order valence-electron chi connectivity index (χ1n) is 11.2. The van der Waals surface area contributed by atoms with Crippen molar-refractivity contribution in [3.8, 4) is 11.8 Å². The van der Waals surface area contributed by atoms with Gasteiger partial charge in [-0.3, -0.25) is 4.79 Å². The molecule has 0 spiro atoms. The van der Waals surface area contributed by atoms with Gasteiger partial charge in [0.15, 0.2) is 0 Å². The van der Waals surface area contributed by atoms with Crippen LogP contribution < -0.4 is 9.64 Å². The van der Waals surface area contributed by atoms with Gasteiger partial charge in [-0.1, -0.05) is 30.7 Å². The number of rotatable bonds is 7. The minimum absolute atomic E-state index is 0.0219. The van der Waals surface area contributed by atoms with Crippen molar-refractivity contribution < 1.29 is 13.9 Å². The lowest BCUT2D eigenvalue weighted by Gasteiger charge is -2.34. The van der Waals surface area contributed by atoms with Crippen molar-refractivity contribution >= 4 is 35.5 Å². The summed E-state index contributed by atoms with van der Waals surface area (Å²) in [6, 6.07) is 16.7. The van der Waals surface area contributed by atoms with E-state index >= 15 is 0 Å². The molecule has 2 aromatic carbocycles. The Kier molecular flexibility index (Phi) is 7.51. The molecule has 0 bridgehead atoms. The molecule has 4 rings (SSSR count). The molecule has 0 N–H and O–H groups in total. The Morgan fingerprint density at radius 1 is 1.12 bits per heavy atom. The van der Waals surface area contributed by atoms with Gasteiger partial charge in [0.1, 0.15) is 11.8 Å². The molecule has 34 heavy (non-hydrogen) atoms.